The Morgan fingerprint density at radius 3 is 2.34 bits per heavy atom. The van der Waals surface area contributed by atoms with E-state index < -0.39 is 10.0 Å². The first-order chi connectivity index (χ1) is 13.6. The van der Waals surface area contributed by atoms with E-state index in [4.69, 9.17) is 5.14 Å². The molecule has 2 N–H and O–H groups in total. The molecule has 1 aromatic heterocycles. The molecular formula is C22H25N3O3S. The van der Waals surface area contributed by atoms with Gasteiger partial charge < -0.3 is 4.90 Å². The predicted octanol–water partition coefficient (Wildman–Crippen LogP) is 3.26. The minimum Gasteiger partial charge on any atom is -0.339 e. The lowest BCUT2D eigenvalue weighted by Crippen LogP contribution is -2.31. The summed E-state index contributed by atoms with van der Waals surface area (Å²) >= 11 is 0. The number of benzene rings is 2. The lowest BCUT2D eigenvalue weighted by atomic mass is 9.98. The molecule has 29 heavy (non-hydrogen) atoms. The molecule has 0 saturated heterocycles. The third-order valence-corrected chi connectivity index (χ3v) is 6.41. The summed E-state index contributed by atoms with van der Waals surface area (Å²) in [6.07, 6.45) is 0.256. The van der Waals surface area contributed by atoms with Crippen LogP contribution in [0.1, 0.15) is 35.3 Å². The second kappa shape index (κ2) is 7.93. The van der Waals surface area contributed by atoms with E-state index in [1.807, 2.05) is 45.0 Å². The Bertz CT molecular complexity index is 1170. The van der Waals surface area contributed by atoms with Gasteiger partial charge in [0.25, 0.3) is 0 Å². The lowest BCUT2D eigenvalue weighted by Gasteiger charge is -2.26. The number of hydrogen-bond donors (Lipinski definition) is 1. The van der Waals surface area contributed by atoms with Crippen molar-refractivity contribution in [3.8, 4) is 0 Å². The number of nitrogens with two attached hydrogens (primary N) is 1. The molecule has 1 amide bonds. The molecule has 0 spiro atoms. The first-order valence-electron chi connectivity index (χ1n) is 9.33. The Hall–Kier alpha value is -2.77. The van der Waals surface area contributed by atoms with E-state index >= 15 is 0 Å². The summed E-state index contributed by atoms with van der Waals surface area (Å²) in [4.78, 5) is 19.3. The number of aryl methyl sites for hydroxylation is 2. The van der Waals surface area contributed by atoms with E-state index in [0.717, 1.165) is 33.3 Å². The van der Waals surface area contributed by atoms with Crippen LogP contribution in [0.4, 0.5) is 0 Å². The van der Waals surface area contributed by atoms with E-state index in [9.17, 15) is 13.2 Å². The Morgan fingerprint density at radius 2 is 1.72 bits per heavy atom. The average Bonchev–Trinajstić information content (AvgIpc) is 2.69. The van der Waals surface area contributed by atoms with Gasteiger partial charge in [-0.05, 0) is 55.7 Å². The van der Waals surface area contributed by atoms with Crippen LogP contribution in [0.2, 0.25) is 0 Å². The van der Waals surface area contributed by atoms with Crippen molar-refractivity contribution in [2.24, 2.45) is 5.14 Å². The summed E-state index contributed by atoms with van der Waals surface area (Å²) in [5, 5.41) is 6.20. The third kappa shape index (κ3) is 4.31. The molecule has 0 aliphatic carbocycles. The van der Waals surface area contributed by atoms with Crippen molar-refractivity contribution in [2.45, 2.75) is 38.1 Å². The fourth-order valence-corrected chi connectivity index (χ4v) is 4.00. The molecule has 0 aliphatic heterocycles. The number of para-hydroxylation sites is 1. The molecule has 3 rings (SSSR count). The zero-order valence-corrected chi connectivity index (χ0v) is 17.8. The number of aromatic nitrogens is 1. The van der Waals surface area contributed by atoms with E-state index in [2.05, 4.69) is 4.98 Å². The first-order valence-corrected chi connectivity index (χ1v) is 10.9. The predicted molar refractivity (Wildman–Crippen MR) is 114 cm³/mol. The van der Waals surface area contributed by atoms with Crippen molar-refractivity contribution < 1.29 is 13.2 Å². The SMILES string of the molecule is Cc1nc2ccccc2c(C)c1CC(=O)N(C)C(C)c1ccc(S(N)(=O)=O)cc1. The molecule has 3 aromatic rings. The number of hydrogen-bond acceptors (Lipinski definition) is 4. The summed E-state index contributed by atoms with van der Waals surface area (Å²) in [6.45, 7) is 5.86. The summed E-state index contributed by atoms with van der Waals surface area (Å²) in [5.74, 6) is -0.0312. The Morgan fingerprint density at radius 1 is 1.10 bits per heavy atom. The van der Waals surface area contributed by atoms with E-state index in [1.54, 1.807) is 24.1 Å². The number of fused-ring (bicyclic) bond motifs is 1. The average molecular weight is 412 g/mol. The van der Waals surface area contributed by atoms with Crippen LogP contribution in [0.3, 0.4) is 0 Å². The monoisotopic (exact) mass is 411 g/mol. The minimum atomic E-state index is -3.74. The number of primary sulfonamides is 1. The summed E-state index contributed by atoms with van der Waals surface area (Å²) < 4.78 is 22.8. The molecule has 0 saturated carbocycles. The van der Waals surface area contributed by atoms with Crippen LogP contribution < -0.4 is 5.14 Å². The first kappa shape index (κ1) is 21.0. The number of pyridine rings is 1. The molecule has 6 nitrogen and oxygen atoms in total. The standard InChI is InChI=1S/C22H25N3O3S/c1-14-19-7-5-6-8-21(19)24-15(2)20(14)13-22(26)25(4)16(3)17-9-11-18(12-10-17)29(23,27)28/h5-12,16H,13H2,1-4H3,(H2,23,27,28). The number of nitrogens with zero attached hydrogens (tertiary/aromatic N) is 2. The molecule has 2 aromatic carbocycles. The Kier molecular flexibility index (Phi) is 5.73. The van der Waals surface area contributed by atoms with Crippen molar-refractivity contribution in [3.63, 3.8) is 0 Å². The molecular weight excluding hydrogens is 386 g/mol. The van der Waals surface area contributed by atoms with Gasteiger partial charge in [0.1, 0.15) is 0 Å². The fourth-order valence-electron chi connectivity index (χ4n) is 3.48. The topological polar surface area (TPSA) is 93.4 Å². The van der Waals surface area contributed by atoms with Crippen molar-refractivity contribution in [2.75, 3.05) is 7.05 Å². The molecule has 0 fully saturated rings. The zero-order valence-electron chi connectivity index (χ0n) is 17.0. The second-order valence-corrected chi connectivity index (χ2v) is 8.85. The number of likely N-dealkylation sites (N-methyl/N-ethyl adjacent to an activating group) is 1. The van der Waals surface area contributed by atoms with Gasteiger partial charge in [-0.2, -0.15) is 0 Å². The van der Waals surface area contributed by atoms with Crippen LogP contribution in [0.25, 0.3) is 10.9 Å². The number of sulfonamides is 1. The Balaban J connectivity index is 1.83. The lowest BCUT2D eigenvalue weighted by molar-refractivity contribution is -0.131. The van der Waals surface area contributed by atoms with Gasteiger partial charge in [0.05, 0.1) is 22.9 Å². The van der Waals surface area contributed by atoms with E-state index in [1.165, 1.54) is 12.1 Å². The number of amides is 1. The Labute approximate surface area is 171 Å². The maximum Gasteiger partial charge on any atom is 0.238 e. The van der Waals surface area contributed by atoms with Crippen LogP contribution in [-0.2, 0) is 21.2 Å². The summed E-state index contributed by atoms with van der Waals surface area (Å²) in [7, 11) is -1.99. The maximum atomic E-state index is 13.0. The molecule has 1 atom stereocenters. The van der Waals surface area contributed by atoms with Gasteiger partial charge in [0, 0.05) is 18.1 Å². The van der Waals surface area contributed by atoms with Gasteiger partial charge in [-0.3, -0.25) is 9.78 Å². The van der Waals surface area contributed by atoms with E-state index in [-0.39, 0.29) is 23.3 Å². The van der Waals surface area contributed by atoms with Crippen molar-refractivity contribution in [1.82, 2.24) is 9.88 Å². The summed E-state index contributed by atoms with van der Waals surface area (Å²) in [6, 6.07) is 14.0. The van der Waals surface area contributed by atoms with Crippen LogP contribution in [0, 0.1) is 13.8 Å². The molecule has 1 unspecified atom stereocenters. The van der Waals surface area contributed by atoms with Gasteiger partial charge >= 0.3 is 0 Å². The van der Waals surface area contributed by atoms with Gasteiger partial charge in [-0.1, -0.05) is 30.3 Å². The van der Waals surface area contributed by atoms with Crippen LogP contribution >= 0.6 is 0 Å². The van der Waals surface area contributed by atoms with Crippen molar-refractivity contribution >= 4 is 26.8 Å². The zero-order chi connectivity index (χ0) is 21.3. The highest BCUT2D eigenvalue weighted by atomic mass is 32.2. The fraction of sp³-hybridized carbons (Fsp3) is 0.273. The largest absolute Gasteiger partial charge is 0.339 e. The van der Waals surface area contributed by atoms with Crippen LogP contribution in [0.15, 0.2) is 53.4 Å². The van der Waals surface area contributed by atoms with Crippen LogP contribution in [-0.4, -0.2) is 31.3 Å². The normalized spacial score (nSPS) is 12.7. The highest BCUT2D eigenvalue weighted by molar-refractivity contribution is 7.89. The second-order valence-electron chi connectivity index (χ2n) is 7.29. The van der Waals surface area contributed by atoms with Gasteiger partial charge in [0.15, 0.2) is 0 Å². The smallest absolute Gasteiger partial charge is 0.238 e. The molecule has 7 heteroatoms. The molecule has 152 valence electrons. The maximum absolute atomic E-state index is 13.0. The highest BCUT2D eigenvalue weighted by Gasteiger charge is 2.21. The summed E-state index contributed by atoms with van der Waals surface area (Å²) in [5.41, 5.74) is 4.62. The number of carbonyl (C=O) groups is 1. The van der Waals surface area contributed by atoms with Gasteiger partial charge in [-0.25, -0.2) is 13.6 Å². The van der Waals surface area contributed by atoms with Crippen molar-refractivity contribution in [1.29, 1.82) is 0 Å². The van der Waals surface area contributed by atoms with Crippen LogP contribution in [0.5, 0.6) is 0 Å². The van der Waals surface area contributed by atoms with Gasteiger partial charge in [0.2, 0.25) is 15.9 Å². The third-order valence-electron chi connectivity index (χ3n) is 5.48. The molecule has 0 aliphatic rings. The molecule has 0 radical (unpaired) electrons. The molecule has 1 heterocycles. The quantitative estimate of drug-likeness (QED) is 0.697. The highest BCUT2D eigenvalue weighted by Crippen LogP contribution is 2.25. The van der Waals surface area contributed by atoms with Crippen molar-refractivity contribution in [3.05, 3.63) is 70.9 Å². The van der Waals surface area contributed by atoms with Gasteiger partial charge in [-0.15, -0.1) is 0 Å². The number of carbonyl (C=O) groups excluding carboxylic acids is 1. The van der Waals surface area contributed by atoms with E-state index in [0.29, 0.717) is 0 Å². The minimum absolute atomic E-state index is 0.0312. The number of rotatable bonds is 5. The molecule has 0 bridgehead atoms.